The minimum absolute atomic E-state index is 0.0574. The van der Waals surface area contributed by atoms with Crippen molar-refractivity contribution in [2.45, 2.75) is 26.3 Å². The van der Waals surface area contributed by atoms with Crippen molar-refractivity contribution < 1.29 is 9.59 Å². The van der Waals surface area contributed by atoms with Crippen LogP contribution in [0.25, 0.3) is 0 Å². The van der Waals surface area contributed by atoms with E-state index in [0.717, 1.165) is 17.7 Å². The molecular formula is C13H16N2O2. The molecule has 2 rings (SSSR count). The van der Waals surface area contributed by atoms with E-state index < -0.39 is 6.04 Å². The largest absolute Gasteiger partial charge is 0.345 e. The van der Waals surface area contributed by atoms with Crippen LogP contribution in [0, 0.1) is 0 Å². The molecule has 0 bridgehead atoms. The molecule has 1 atom stereocenters. The van der Waals surface area contributed by atoms with E-state index in [1.165, 1.54) is 0 Å². The summed E-state index contributed by atoms with van der Waals surface area (Å²) in [5.74, 6) is -0.159. The van der Waals surface area contributed by atoms with Gasteiger partial charge < -0.3 is 5.32 Å². The van der Waals surface area contributed by atoms with Gasteiger partial charge in [0.05, 0.1) is 6.54 Å². The summed E-state index contributed by atoms with van der Waals surface area (Å²) in [6.45, 7) is 3.87. The molecule has 1 aliphatic rings. The number of benzene rings is 1. The first-order chi connectivity index (χ1) is 8.15. The standard InChI is InChI=1S/C13H16N2O2/c1-3-10-6-4-5-7-11(10)15-9(2)13(17)14-8-12(15)16/h4-7,9H,3,8H2,1-2H3,(H,14,17). The second-order valence-electron chi connectivity index (χ2n) is 4.14. The number of amides is 2. The first-order valence-electron chi connectivity index (χ1n) is 5.82. The molecule has 1 aromatic carbocycles. The van der Waals surface area contributed by atoms with Crippen LogP contribution in [0.5, 0.6) is 0 Å². The Morgan fingerprint density at radius 3 is 2.76 bits per heavy atom. The fourth-order valence-corrected chi connectivity index (χ4v) is 2.12. The van der Waals surface area contributed by atoms with Gasteiger partial charge in [0.15, 0.2) is 0 Å². The molecular weight excluding hydrogens is 216 g/mol. The highest BCUT2D eigenvalue weighted by molar-refractivity contribution is 6.06. The van der Waals surface area contributed by atoms with Crippen LogP contribution in [0.3, 0.4) is 0 Å². The zero-order chi connectivity index (χ0) is 12.4. The van der Waals surface area contributed by atoms with Crippen LogP contribution in [-0.2, 0) is 16.0 Å². The van der Waals surface area contributed by atoms with Gasteiger partial charge in [-0.25, -0.2) is 0 Å². The summed E-state index contributed by atoms with van der Waals surface area (Å²) < 4.78 is 0. The van der Waals surface area contributed by atoms with E-state index in [1.54, 1.807) is 11.8 Å². The van der Waals surface area contributed by atoms with Gasteiger partial charge in [-0.3, -0.25) is 14.5 Å². The van der Waals surface area contributed by atoms with Gasteiger partial charge in [-0.2, -0.15) is 0 Å². The van der Waals surface area contributed by atoms with E-state index in [9.17, 15) is 9.59 Å². The van der Waals surface area contributed by atoms with E-state index in [4.69, 9.17) is 0 Å². The second kappa shape index (κ2) is 4.57. The lowest BCUT2D eigenvalue weighted by molar-refractivity contribution is -0.130. The summed E-state index contributed by atoms with van der Waals surface area (Å²) in [6.07, 6.45) is 0.842. The fraction of sp³-hybridized carbons (Fsp3) is 0.385. The van der Waals surface area contributed by atoms with E-state index in [1.807, 2.05) is 31.2 Å². The van der Waals surface area contributed by atoms with E-state index in [2.05, 4.69) is 5.32 Å². The van der Waals surface area contributed by atoms with Gasteiger partial charge in [0.1, 0.15) is 6.04 Å². The number of piperazine rings is 1. The highest BCUT2D eigenvalue weighted by atomic mass is 16.2. The average Bonchev–Trinajstić information content (AvgIpc) is 2.35. The average molecular weight is 232 g/mol. The van der Waals surface area contributed by atoms with Crippen molar-refractivity contribution in [3.63, 3.8) is 0 Å². The smallest absolute Gasteiger partial charge is 0.247 e. The number of para-hydroxylation sites is 1. The Morgan fingerprint density at radius 2 is 2.06 bits per heavy atom. The molecule has 0 aromatic heterocycles. The number of anilines is 1. The van der Waals surface area contributed by atoms with Crippen molar-refractivity contribution in [2.24, 2.45) is 0 Å². The fourth-order valence-electron chi connectivity index (χ4n) is 2.12. The topological polar surface area (TPSA) is 49.4 Å². The molecule has 1 heterocycles. The van der Waals surface area contributed by atoms with Crippen molar-refractivity contribution in [2.75, 3.05) is 11.4 Å². The minimum Gasteiger partial charge on any atom is -0.345 e. The lowest BCUT2D eigenvalue weighted by Gasteiger charge is -2.33. The normalized spacial score (nSPS) is 20.4. The Bertz CT molecular complexity index is 456. The number of aryl methyl sites for hydroxylation is 1. The van der Waals surface area contributed by atoms with Crippen molar-refractivity contribution in [1.82, 2.24) is 5.32 Å². The Balaban J connectivity index is 2.43. The molecule has 1 unspecified atom stereocenters. The van der Waals surface area contributed by atoms with Crippen LogP contribution in [-0.4, -0.2) is 24.4 Å². The molecule has 1 N–H and O–H groups in total. The van der Waals surface area contributed by atoms with Gasteiger partial charge >= 0.3 is 0 Å². The number of carbonyl (C=O) groups is 2. The van der Waals surface area contributed by atoms with Gasteiger partial charge in [0.2, 0.25) is 11.8 Å². The van der Waals surface area contributed by atoms with Gasteiger partial charge in [-0.05, 0) is 25.0 Å². The van der Waals surface area contributed by atoms with E-state index in [-0.39, 0.29) is 18.4 Å². The molecule has 2 amide bonds. The van der Waals surface area contributed by atoms with Crippen molar-refractivity contribution in [3.05, 3.63) is 29.8 Å². The highest BCUT2D eigenvalue weighted by Crippen LogP contribution is 2.24. The predicted molar refractivity (Wildman–Crippen MR) is 65.8 cm³/mol. The molecule has 1 aliphatic heterocycles. The summed E-state index contributed by atoms with van der Waals surface area (Å²) in [5, 5.41) is 2.59. The van der Waals surface area contributed by atoms with Crippen LogP contribution in [0.15, 0.2) is 24.3 Å². The third kappa shape index (κ3) is 2.02. The summed E-state index contributed by atoms with van der Waals surface area (Å²) in [6, 6.07) is 7.28. The van der Waals surface area contributed by atoms with Crippen molar-refractivity contribution >= 4 is 17.5 Å². The molecule has 0 radical (unpaired) electrons. The molecule has 0 spiro atoms. The second-order valence-corrected chi connectivity index (χ2v) is 4.14. The van der Waals surface area contributed by atoms with Crippen molar-refractivity contribution in [3.8, 4) is 0 Å². The number of nitrogens with zero attached hydrogens (tertiary/aromatic N) is 1. The molecule has 0 aliphatic carbocycles. The van der Waals surface area contributed by atoms with E-state index >= 15 is 0 Å². The van der Waals surface area contributed by atoms with Gasteiger partial charge in [-0.15, -0.1) is 0 Å². The summed E-state index contributed by atoms with van der Waals surface area (Å²) in [4.78, 5) is 25.1. The molecule has 1 saturated heterocycles. The lowest BCUT2D eigenvalue weighted by Crippen LogP contribution is -2.57. The minimum atomic E-state index is -0.441. The first kappa shape index (κ1) is 11.6. The maximum Gasteiger partial charge on any atom is 0.247 e. The number of hydrogen-bond acceptors (Lipinski definition) is 2. The summed E-state index contributed by atoms with van der Waals surface area (Å²) in [5.41, 5.74) is 1.93. The Hall–Kier alpha value is -1.84. The zero-order valence-electron chi connectivity index (χ0n) is 10.1. The summed E-state index contributed by atoms with van der Waals surface area (Å²) >= 11 is 0. The quantitative estimate of drug-likeness (QED) is 0.830. The van der Waals surface area contributed by atoms with Gasteiger partial charge in [-0.1, -0.05) is 25.1 Å². The number of carbonyl (C=O) groups excluding carboxylic acids is 2. The molecule has 90 valence electrons. The van der Waals surface area contributed by atoms with Crippen LogP contribution in [0.4, 0.5) is 5.69 Å². The molecule has 4 heteroatoms. The third-order valence-corrected chi connectivity index (χ3v) is 3.08. The maximum absolute atomic E-state index is 11.9. The number of hydrogen-bond donors (Lipinski definition) is 1. The van der Waals surface area contributed by atoms with Crippen LogP contribution in [0.2, 0.25) is 0 Å². The zero-order valence-corrected chi connectivity index (χ0v) is 10.1. The third-order valence-electron chi connectivity index (χ3n) is 3.08. The number of nitrogens with one attached hydrogen (secondary N) is 1. The lowest BCUT2D eigenvalue weighted by atomic mass is 10.1. The highest BCUT2D eigenvalue weighted by Gasteiger charge is 2.32. The number of rotatable bonds is 2. The van der Waals surface area contributed by atoms with E-state index in [0.29, 0.717) is 0 Å². The Kier molecular flexibility index (Phi) is 3.13. The molecule has 1 aromatic rings. The molecule has 0 saturated carbocycles. The van der Waals surface area contributed by atoms with Crippen LogP contribution < -0.4 is 10.2 Å². The van der Waals surface area contributed by atoms with Crippen molar-refractivity contribution in [1.29, 1.82) is 0 Å². The maximum atomic E-state index is 11.9. The monoisotopic (exact) mass is 232 g/mol. The van der Waals surface area contributed by atoms with Crippen LogP contribution >= 0.6 is 0 Å². The first-order valence-corrected chi connectivity index (χ1v) is 5.82. The SMILES string of the molecule is CCc1ccccc1N1C(=O)CNC(=O)C1C. The Morgan fingerprint density at radius 1 is 1.35 bits per heavy atom. The Labute approximate surface area is 101 Å². The van der Waals surface area contributed by atoms with Gasteiger partial charge in [0.25, 0.3) is 0 Å². The molecule has 17 heavy (non-hydrogen) atoms. The molecule has 1 fully saturated rings. The predicted octanol–water partition coefficient (Wildman–Crippen LogP) is 1.10. The van der Waals surface area contributed by atoms with Gasteiger partial charge in [0, 0.05) is 5.69 Å². The van der Waals surface area contributed by atoms with Crippen LogP contribution in [0.1, 0.15) is 19.4 Å². The summed E-state index contributed by atoms with van der Waals surface area (Å²) in [7, 11) is 0. The molecule has 4 nitrogen and oxygen atoms in total.